The molecule has 1 aliphatic rings. The van der Waals surface area contributed by atoms with Crippen LogP contribution in [0.25, 0.3) is 0 Å². The second kappa shape index (κ2) is 7.05. The molecule has 0 radical (unpaired) electrons. The molecule has 0 aromatic rings. The van der Waals surface area contributed by atoms with Crippen LogP contribution < -0.4 is 5.73 Å². The molecule has 0 bridgehead atoms. The zero-order valence-electron chi connectivity index (χ0n) is 10.3. The van der Waals surface area contributed by atoms with Gasteiger partial charge in [-0.25, -0.2) is 0 Å². The molecular weight excluding hydrogens is 182 g/mol. The summed E-state index contributed by atoms with van der Waals surface area (Å²) in [5, 5.41) is 0. The highest BCUT2D eigenvalue weighted by Gasteiger charge is 2.15. The highest BCUT2D eigenvalue weighted by Crippen LogP contribution is 2.26. The van der Waals surface area contributed by atoms with E-state index < -0.39 is 0 Å². The van der Waals surface area contributed by atoms with Gasteiger partial charge in [-0.3, -0.25) is 0 Å². The second-order valence-electron chi connectivity index (χ2n) is 5.35. The van der Waals surface area contributed by atoms with Gasteiger partial charge in [0.2, 0.25) is 0 Å². The van der Waals surface area contributed by atoms with Crippen LogP contribution in [0.5, 0.6) is 0 Å². The summed E-state index contributed by atoms with van der Waals surface area (Å²) < 4.78 is 0. The van der Waals surface area contributed by atoms with Crippen LogP contribution in [-0.4, -0.2) is 6.04 Å². The maximum absolute atomic E-state index is 6.16. The third kappa shape index (κ3) is 5.99. The van der Waals surface area contributed by atoms with Crippen LogP contribution in [0.3, 0.4) is 0 Å². The van der Waals surface area contributed by atoms with Gasteiger partial charge in [-0.1, -0.05) is 44.1 Å². The van der Waals surface area contributed by atoms with Crippen molar-refractivity contribution in [3.63, 3.8) is 0 Å². The molecule has 0 heterocycles. The van der Waals surface area contributed by atoms with Crippen LogP contribution in [0.15, 0.2) is 12.2 Å². The van der Waals surface area contributed by atoms with Crippen LogP contribution >= 0.6 is 0 Å². The Morgan fingerprint density at radius 3 is 2.40 bits per heavy atom. The fourth-order valence-corrected chi connectivity index (χ4v) is 2.58. The lowest BCUT2D eigenvalue weighted by atomic mass is 9.91. The second-order valence-corrected chi connectivity index (χ2v) is 5.35. The first-order chi connectivity index (χ1) is 7.18. The number of nitrogens with two attached hydrogens (primary N) is 1. The van der Waals surface area contributed by atoms with Gasteiger partial charge in [0.1, 0.15) is 0 Å². The first kappa shape index (κ1) is 12.8. The summed E-state index contributed by atoms with van der Waals surface area (Å²) >= 11 is 0. The Labute approximate surface area is 95.1 Å². The van der Waals surface area contributed by atoms with E-state index in [4.69, 9.17) is 5.73 Å². The van der Waals surface area contributed by atoms with E-state index in [1.54, 1.807) is 0 Å². The van der Waals surface area contributed by atoms with E-state index in [1.165, 1.54) is 50.5 Å². The Hall–Kier alpha value is -0.300. The summed E-state index contributed by atoms with van der Waals surface area (Å²) in [5.74, 6) is 0.910. The molecule has 0 spiro atoms. The molecule has 0 saturated heterocycles. The number of allylic oxidation sites excluding steroid dienone is 1. The van der Waals surface area contributed by atoms with E-state index >= 15 is 0 Å². The average Bonchev–Trinajstić information content (AvgIpc) is 2.43. The Morgan fingerprint density at radius 2 is 1.87 bits per heavy atom. The average molecular weight is 209 g/mol. The van der Waals surface area contributed by atoms with Crippen molar-refractivity contribution in [1.82, 2.24) is 0 Å². The Balaban J connectivity index is 2.17. The van der Waals surface area contributed by atoms with Gasteiger partial charge in [-0.05, 0) is 32.1 Å². The monoisotopic (exact) mass is 209 g/mol. The SMILES string of the molecule is C=C(C)CCC(N)CC1CCCCCC1. The number of hydrogen-bond donors (Lipinski definition) is 1. The van der Waals surface area contributed by atoms with E-state index in [0.29, 0.717) is 6.04 Å². The summed E-state index contributed by atoms with van der Waals surface area (Å²) in [6.45, 7) is 6.03. The largest absolute Gasteiger partial charge is 0.328 e. The fourth-order valence-electron chi connectivity index (χ4n) is 2.58. The van der Waals surface area contributed by atoms with Gasteiger partial charge < -0.3 is 5.73 Å². The lowest BCUT2D eigenvalue weighted by molar-refractivity contribution is 0.378. The lowest BCUT2D eigenvalue weighted by Crippen LogP contribution is -2.23. The van der Waals surface area contributed by atoms with Crippen LogP contribution in [0.2, 0.25) is 0 Å². The minimum Gasteiger partial charge on any atom is -0.328 e. The predicted octanol–water partition coefficient (Wildman–Crippen LogP) is 4.03. The number of hydrogen-bond acceptors (Lipinski definition) is 1. The number of rotatable bonds is 5. The smallest absolute Gasteiger partial charge is 0.00445 e. The minimum absolute atomic E-state index is 0.407. The first-order valence-corrected chi connectivity index (χ1v) is 6.58. The van der Waals surface area contributed by atoms with Crippen molar-refractivity contribution < 1.29 is 0 Å². The van der Waals surface area contributed by atoms with Gasteiger partial charge in [0, 0.05) is 6.04 Å². The van der Waals surface area contributed by atoms with Crippen molar-refractivity contribution in [2.24, 2.45) is 11.7 Å². The molecule has 1 atom stereocenters. The Bertz CT molecular complexity index is 178. The third-order valence-corrected chi connectivity index (χ3v) is 3.55. The predicted molar refractivity (Wildman–Crippen MR) is 67.8 cm³/mol. The summed E-state index contributed by atoms with van der Waals surface area (Å²) in [5.41, 5.74) is 7.43. The van der Waals surface area contributed by atoms with Gasteiger partial charge >= 0.3 is 0 Å². The standard InChI is InChI=1S/C14H27N/c1-12(2)9-10-14(15)11-13-7-5-3-4-6-8-13/h13-14H,1,3-11,15H2,2H3. The van der Waals surface area contributed by atoms with Gasteiger partial charge in [0.05, 0.1) is 0 Å². The van der Waals surface area contributed by atoms with E-state index in [9.17, 15) is 0 Å². The summed E-state index contributed by atoms with van der Waals surface area (Å²) in [6.07, 6.45) is 12.1. The molecule has 0 aromatic heterocycles. The normalized spacial score (nSPS) is 20.9. The summed E-state index contributed by atoms with van der Waals surface area (Å²) in [4.78, 5) is 0. The zero-order valence-corrected chi connectivity index (χ0v) is 10.3. The molecule has 1 fully saturated rings. The van der Waals surface area contributed by atoms with Gasteiger partial charge in [0.25, 0.3) is 0 Å². The Kier molecular flexibility index (Phi) is 6.00. The van der Waals surface area contributed by atoms with Crippen LogP contribution in [-0.2, 0) is 0 Å². The highest BCUT2D eigenvalue weighted by atomic mass is 14.6. The maximum atomic E-state index is 6.16. The molecule has 0 aromatic carbocycles. The van der Waals surface area contributed by atoms with Crippen molar-refractivity contribution in [3.8, 4) is 0 Å². The van der Waals surface area contributed by atoms with Gasteiger partial charge in [-0.15, -0.1) is 6.58 Å². The zero-order chi connectivity index (χ0) is 11.1. The van der Waals surface area contributed by atoms with Crippen molar-refractivity contribution in [2.75, 3.05) is 0 Å². The van der Waals surface area contributed by atoms with Crippen molar-refractivity contribution in [1.29, 1.82) is 0 Å². The maximum Gasteiger partial charge on any atom is 0.00445 e. The van der Waals surface area contributed by atoms with Crippen molar-refractivity contribution >= 4 is 0 Å². The molecule has 0 amide bonds. The van der Waals surface area contributed by atoms with Crippen LogP contribution in [0.4, 0.5) is 0 Å². The molecule has 1 rings (SSSR count). The molecule has 1 heteroatoms. The molecule has 15 heavy (non-hydrogen) atoms. The third-order valence-electron chi connectivity index (χ3n) is 3.55. The molecule has 2 N–H and O–H groups in total. The Morgan fingerprint density at radius 1 is 1.27 bits per heavy atom. The lowest BCUT2D eigenvalue weighted by Gasteiger charge is -2.19. The fraction of sp³-hybridized carbons (Fsp3) is 0.857. The van der Waals surface area contributed by atoms with Gasteiger partial charge in [-0.2, -0.15) is 0 Å². The van der Waals surface area contributed by atoms with Crippen molar-refractivity contribution in [2.45, 2.75) is 70.8 Å². The van der Waals surface area contributed by atoms with E-state index in [1.807, 2.05) is 0 Å². The molecule has 0 aliphatic heterocycles. The topological polar surface area (TPSA) is 26.0 Å². The van der Waals surface area contributed by atoms with Crippen molar-refractivity contribution in [3.05, 3.63) is 12.2 Å². The van der Waals surface area contributed by atoms with E-state index in [-0.39, 0.29) is 0 Å². The minimum atomic E-state index is 0.407. The quantitative estimate of drug-likeness (QED) is 0.537. The molecule has 88 valence electrons. The first-order valence-electron chi connectivity index (χ1n) is 6.58. The summed E-state index contributed by atoms with van der Waals surface area (Å²) in [6, 6.07) is 0.407. The molecule has 1 saturated carbocycles. The highest BCUT2D eigenvalue weighted by molar-refractivity contribution is 4.89. The van der Waals surface area contributed by atoms with E-state index in [0.717, 1.165) is 18.8 Å². The van der Waals surface area contributed by atoms with Crippen LogP contribution in [0, 0.1) is 5.92 Å². The molecule has 1 aliphatic carbocycles. The van der Waals surface area contributed by atoms with E-state index in [2.05, 4.69) is 13.5 Å². The summed E-state index contributed by atoms with van der Waals surface area (Å²) in [7, 11) is 0. The van der Waals surface area contributed by atoms with Crippen LogP contribution in [0.1, 0.15) is 64.7 Å². The molecular formula is C14H27N. The molecule has 1 unspecified atom stereocenters. The molecule has 1 nitrogen and oxygen atoms in total. The van der Waals surface area contributed by atoms with Gasteiger partial charge in [0.15, 0.2) is 0 Å².